The Bertz CT molecular complexity index is 725. The molecule has 0 atom stereocenters. The SMILES string of the molecule is Cc1ccc(-c2ccc(C(C)(C)C)cc2C(C)(C)C)c(C)c1O. The molecule has 0 radical (unpaired) electrons. The summed E-state index contributed by atoms with van der Waals surface area (Å²) in [5.41, 5.74) is 7.08. The number of phenolic OH excluding ortho intramolecular Hbond substituents is 1. The Morgan fingerprint density at radius 1 is 0.739 bits per heavy atom. The van der Waals surface area contributed by atoms with E-state index in [4.69, 9.17) is 0 Å². The summed E-state index contributed by atoms with van der Waals surface area (Å²) in [4.78, 5) is 0. The van der Waals surface area contributed by atoms with Crippen LogP contribution in [0, 0.1) is 13.8 Å². The lowest BCUT2D eigenvalue weighted by Crippen LogP contribution is -2.17. The van der Waals surface area contributed by atoms with Gasteiger partial charge >= 0.3 is 0 Å². The van der Waals surface area contributed by atoms with Gasteiger partial charge in [0.05, 0.1) is 0 Å². The maximum atomic E-state index is 10.3. The number of hydrogen-bond acceptors (Lipinski definition) is 1. The average Bonchev–Trinajstić information content (AvgIpc) is 2.42. The molecule has 23 heavy (non-hydrogen) atoms. The van der Waals surface area contributed by atoms with Crippen molar-refractivity contribution in [1.29, 1.82) is 0 Å². The lowest BCUT2D eigenvalue weighted by molar-refractivity contribution is 0.467. The number of hydrogen-bond donors (Lipinski definition) is 1. The quantitative estimate of drug-likeness (QED) is 0.658. The maximum Gasteiger partial charge on any atom is 0.122 e. The predicted molar refractivity (Wildman–Crippen MR) is 100 cm³/mol. The first-order valence-corrected chi connectivity index (χ1v) is 8.37. The Balaban J connectivity index is 2.76. The second-order valence-electron chi connectivity index (χ2n) is 8.66. The van der Waals surface area contributed by atoms with Crippen LogP contribution in [-0.4, -0.2) is 5.11 Å². The zero-order valence-corrected chi connectivity index (χ0v) is 15.8. The molecule has 1 heteroatoms. The third-order valence-corrected chi connectivity index (χ3v) is 4.62. The van der Waals surface area contributed by atoms with Crippen molar-refractivity contribution in [3.05, 3.63) is 52.6 Å². The molecule has 1 N–H and O–H groups in total. The van der Waals surface area contributed by atoms with Crippen molar-refractivity contribution < 1.29 is 5.11 Å². The summed E-state index contributed by atoms with van der Waals surface area (Å²) in [7, 11) is 0. The lowest BCUT2D eigenvalue weighted by Gasteiger charge is -2.28. The van der Waals surface area contributed by atoms with E-state index >= 15 is 0 Å². The smallest absolute Gasteiger partial charge is 0.122 e. The normalized spacial score (nSPS) is 12.5. The van der Waals surface area contributed by atoms with Crippen molar-refractivity contribution in [1.82, 2.24) is 0 Å². The molecule has 2 rings (SSSR count). The van der Waals surface area contributed by atoms with Crippen LogP contribution in [0.2, 0.25) is 0 Å². The highest BCUT2D eigenvalue weighted by atomic mass is 16.3. The number of aryl methyl sites for hydroxylation is 1. The lowest BCUT2D eigenvalue weighted by atomic mass is 9.76. The fourth-order valence-electron chi connectivity index (χ4n) is 2.99. The summed E-state index contributed by atoms with van der Waals surface area (Å²) in [6.45, 7) is 17.4. The van der Waals surface area contributed by atoms with Crippen molar-refractivity contribution in [2.24, 2.45) is 0 Å². The average molecular weight is 310 g/mol. The van der Waals surface area contributed by atoms with Crippen molar-refractivity contribution in [3.8, 4) is 16.9 Å². The molecule has 2 aromatic carbocycles. The summed E-state index contributed by atoms with van der Waals surface area (Å²) < 4.78 is 0. The number of aromatic hydroxyl groups is 1. The van der Waals surface area contributed by atoms with Crippen LogP contribution in [0.15, 0.2) is 30.3 Å². The Labute approximate surface area is 141 Å². The van der Waals surface area contributed by atoms with E-state index in [2.05, 4.69) is 65.8 Å². The fraction of sp³-hybridized carbons (Fsp3) is 0.455. The molecular formula is C22H30O. The molecule has 0 aliphatic heterocycles. The van der Waals surface area contributed by atoms with Crippen LogP contribution in [0.25, 0.3) is 11.1 Å². The Morgan fingerprint density at radius 2 is 1.30 bits per heavy atom. The van der Waals surface area contributed by atoms with Gasteiger partial charge in [-0.15, -0.1) is 0 Å². The van der Waals surface area contributed by atoms with Gasteiger partial charge in [0.15, 0.2) is 0 Å². The van der Waals surface area contributed by atoms with E-state index in [0.29, 0.717) is 5.75 Å². The molecule has 0 fully saturated rings. The molecule has 0 aromatic heterocycles. The molecule has 0 bridgehead atoms. The van der Waals surface area contributed by atoms with Gasteiger partial charge in [-0.05, 0) is 58.1 Å². The zero-order chi connectivity index (χ0) is 17.6. The topological polar surface area (TPSA) is 20.2 Å². The summed E-state index contributed by atoms with van der Waals surface area (Å²) >= 11 is 0. The second-order valence-corrected chi connectivity index (χ2v) is 8.66. The molecule has 0 saturated heterocycles. The molecule has 2 aromatic rings. The third-order valence-electron chi connectivity index (χ3n) is 4.62. The fourth-order valence-corrected chi connectivity index (χ4v) is 2.99. The van der Waals surface area contributed by atoms with Gasteiger partial charge in [0.2, 0.25) is 0 Å². The largest absolute Gasteiger partial charge is 0.507 e. The van der Waals surface area contributed by atoms with Gasteiger partial charge in [-0.1, -0.05) is 71.9 Å². The molecule has 0 aliphatic carbocycles. The Hall–Kier alpha value is -1.76. The van der Waals surface area contributed by atoms with Crippen LogP contribution >= 0.6 is 0 Å². The Kier molecular flexibility index (Phi) is 4.36. The van der Waals surface area contributed by atoms with Crippen LogP contribution in [0.4, 0.5) is 0 Å². The maximum absolute atomic E-state index is 10.3. The first-order chi connectivity index (χ1) is 10.4. The van der Waals surface area contributed by atoms with E-state index in [1.54, 1.807) is 0 Å². The summed E-state index contributed by atoms with van der Waals surface area (Å²) in [6.07, 6.45) is 0. The number of benzene rings is 2. The Morgan fingerprint density at radius 3 is 1.83 bits per heavy atom. The van der Waals surface area contributed by atoms with E-state index in [9.17, 15) is 5.11 Å². The van der Waals surface area contributed by atoms with E-state index in [0.717, 1.165) is 16.7 Å². The van der Waals surface area contributed by atoms with Crippen LogP contribution in [-0.2, 0) is 10.8 Å². The number of rotatable bonds is 1. The van der Waals surface area contributed by atoms with Crippen molar-refractivity contribution in [2.45, 2.75) is 66.2 Å². The van der Waals surface area contributed by atoms with Crippen LogP contribution in [0.3, 0.4) is 0 Å². The van der Waals surface area contributed by atoms with Gasteiger partial charge in [0, 0.05) is 0 Å². The summed E-state index contributed by atoms with van der Waals surface area (Å²) in [5.74, 6) is 0.405. The zero-order valence-electron chi connectivity index (χ0n) is 15.8. The van der Waals surface area contributed by atoms with Gasteiger partial charge < -0.3 is 5.11 Å². The number of phenols is 1. The highest BCUT2D eigenvalue weighted by molar-refractivity contribution is 5.75. The highest BCUT2D eigenvalue weighted by Crippen LogP contribution is 2.39. The van der Waals surface area contributed by atoms with Crippen LogP contribution in [0.1, 0.15) is 63.8 Å². The minimum Gasteiger partial charge on any atom is -0.507 e. The van der Waals surface area contributed by atoms with Gasteiger partial charge in [0.1, 0.15) is 5.75 Å². The van der Waals surface area contributed by atoms with E-state index in [1.807, 2.05) is 19.9 Å². The molecule has 0 amide bonds. The van der Waals surface area contributed by atoms with E-state index < -0.39 is 0 Å². The van der Waals surface area contributed by atoms with E-state index in [1.165, 1.54) is 16.7 Å². The van der Waals surface area contributed by atoms with Crippen LogP contribution in [0.5, 0.6) is 5.75 Å². The van der Waals surface area contributed by atoms with Gasteiger partial charge in [0.25, 0.3) is 0 Å². The first kappa shape index (κ1) is 17.6. The van der Waals surface area contributed by atoms with Crippen LogP contribution < -0.4 is 0 Å². The molecule has 0 saturated carbocycles. The highest BCUT2D eigenvalue weighted by Gasteiger charge is 2.23. The first-order valence-electron chi connectivity index (χ1n) is 8.37. The van der Waals surface area contributed by atoms with Gasteiger partial charge in [-0.3, -0.25) is 0 Å². The molecule has 0 heterocycles. The molecule has 0 unspecified atom stereocenters. The standard InChI is InChI=1S/C22H30O/c1-14-9-11-17(15(2)20(14)23)18-12-10-16(21(3,4)5)13-19(18)22(6,7)8/h9-13,23H,1-8H3. The summed E-state index contributed by atoms with van der Waals surface area (Å²) in [5, 5.41) is 10.3. The minimum atomic E-state index is 0.0452. The van der Waals surface area contributed by atoms with Gasteiger partial charge in [-0.2, -0.15) is 0 Å². The molecule has 1 nitrogen and oxygen atoms in total. The van der Waals surface area contributed by atoms with Crippen molar-refractivity contribution in [2.75, 3.05) is 0 Å². The minimum absolute atomic E-state index is 0.0452. The monoisotopic (exact) mass is 310 g/mol. The molecule has 124 valence electrons. The van der Waals surface area contributed by atoms with E-state index in [-0.39, 0.29) is 10.8 Å². The third kappa shape index (κ3) is 3.44. The van der Waals surface area contributed by atoms with Crippen molar-refractivity contribution >= 4 is 0 Å². The van der Waals surface area contributed by atoms with Crippen molar-refractivity contribution in [3.63, 3.8) is 0 Å². The molecule has 0 aliphatic rings. The predicted octanol–water partition coefficient (Wildman–Crippen LogP) is 6.27. The summed E-state index contributed by atoms with van der Waals surface area (Å²) in [6, 6.07) is 10.9. The molecule has 0 spiro atoms. The van der Waals surface area contributed by atoms with Gasteiger partial charge in [-0.25, -0.2) is 0 Å². The second kappa shape index (κ2) is 5.70. The molecular weight excluding hydrogens is 280 g/mol.